The largest absolute Gasteiger partial charge is 0.327 e. The molecule has 0 amide bonds. The number of hydrogen-bond donors (Lipinski definition) is 0. The summed E-state index contributed by atoms with van der Waals surface area (Å²) in [6.45, 7) is 0. The van der Waals surface area contributed by atoms with Crippen LogP contribution in [0.15, 0.2) is 24.4 Å². The Kier molecular flexibility index (Phi) is 0.943. The Labute approximate surface area is 57.7 Å². The Hall–Kier alpha value is -1.45. The van der Waals surface area contributed by atoms with E-state index in [-0.39, 0.29) is 0 Å². The summed E-state index contributed by atoms with van der Waals surface area (Å²) in [4.78, 5) is 1.54. The molecule has 0 fully saturated rings. The maximum absolute atomic E-state index is 4.08. The van der Waals surface area contributed by atoms with Crippen molar-refractivity contribution in [3.63, 3.8) is 0 Å². The number of nitrogens with zero attached hydrogens (tertiary/aromatic N) is 4. The van der Waals surface area contributed by atoms with Crippen LogP contribution in [0.25, 0.3) is 5.65 Å². The van der Waals surface area contributed by atoms with Crippen molar-refractivity contribution in [2.24, 2.45) is 7.05 Å². The second-order valence-corrected chi connectivity index (χ2v) is 2.08. The topological polar surface area (TPSA) is 34.8 Å². The molecule has 0 atom stereocenters. The smallest absolute Gasteiger partial charge is 0.106 e. The Morgan fingerprint density at radius 2 is 2.40 bits per heavy atom. The van der Waals surface area contributed by atoms with E-state index in [1.807, 2.05) is 24.4 Å². The van der Waals surface area contributed by atoms with Crippen molar-refractivity contribution in [2.75, 3.05) is 0 Å². The average Bonchev–Trinajstić information content (AvgIpc) is 2.27. The van der Waals surface area contributed by atoms with Crippen LogP contribution in [0.2, 0.25) is 0 Å². The molecule has 0 aromatic carbocycles. The SMILES string of the molecule is Cn1nc2cccc[n+]2n1. The van der Waals surface area contributed by atoms with Gasteiger partial charge in [0.25, 0.3) is 0 Å². The van der Waals surface area contributed by atoms with Gasteiger partial charge in [0.2, 0.25) is 0 Å². The van der Waals surface area contributed by atoms with E-state index in [0.717, 1.165) is 5.65 Å². The standard InChI is InChI=1S/C6H7N4/c1-9-7-6-4-2-3-5-10(6)8-9/h2-5H,1H3/q+1. The highest BCUT2D eigenvalue weighted by Crippen LogP contribution is 1.85. The molecular formula is C6H7N4+. The molecule has 2 aromatic heterocycles. The van der Waals surface area contributed by atoms with E-state index in [4.69, 9.17) is 0 Å². The van der Waals surface area contributed by atoms with Crippen LogP contribution in [0.4, 0.5) is 0 Å². The Morgan fingerprint density at radius 3 is 3.20 bits per heavy atom. The summed E-state index contributed by atoms with van der Waals surface area (Å²) >= 11 is 0. The van der Waals surface area contributed by atoms with Gasteiger partial charge in [-0.2, -0.15) is 0 Å². The molecule has 2 heterocycles. The Balaban J connectivity index is 2.88. The summed E-state index contributed by atoms with van der Waals surface area (Å²) in [5.41, 5.74) is 0.866. The molecule has 0 aliphatic heterocycles. The van der Waals surface area contributed by atoms with Crippen LogP contribution < -0.4 is 4.52 Å². The first-order valence-corrected chi connectivity index (χ1v) is 3.04. The van der Waals surface area contributed by atoms with Gasteiger partial charge in [0.05, 0.1) is 16.5 Å². The van der Waals surface area contributed by atoms with Crippen LogP contribution in [0.1, 0.15) is 0 Å². The van der Waals surface area contributed by atoms with Gasteiger partial charge >= 0.3 is 5.65 Å². The van der Waals surface area contributed by atoms with Gasteiger partial charge in [-0.15, -0.1) is 4.52 Å². The summed E-state index contributed by atoms with van der Waals surface area (Å²) < 4.78 is 1.72. The van der Waals surface area contributed by atoms with Gasteiger partial charge in [0.15, 0.2) is 0 Å². The number of hydrogen-bond acceptors (Lipinski definition) is 2. The first-order chi connectivity index (χ1) is 4.86. The first kappa shape index (κ1) is 5.34. The van der Waals surface area contributed by atoms with Crippen molar-refractivity contribution < 1.29 is 4.52 Å². The molecule has 2 rings (SSSR count). The predicted octanol–water partition coefficient (Wildman–Crippen LogP) is -0.446. The van der Waals surface area contributed by atoms with Gasteiger partial charge in [-0.25, -0.2) is 0 Å². The Bertz CT molecular complexity index is 318. The van der Waals surface area contributed by atoms with E-state index in [2.05, 4.69) is 10.3 Å². The maximum Gasteiger partial charge on any atom is 0.327 e. The maximum atomic E-state index is 4.08. The van der Waals surface area contributed by atoms with Crippen molar-refractivity contribution in [1.82, 2.24) is 15.1 Å². The van der Waals surface area contributed by atoms with Gasteiger partial charge in [0.1, 0.15) is 7.05 Å². The zero-order valence-corrected chi connectivity index (χ0v) is 5.60. The minimum absolute atomic E-state index is 0.866. The van der Waals surface area contributed by atoms with Crippen molar-refractivity contribution >= 4 is 5.65 Å². The number of aromatic nitrogens is 4. The zero-order chi connectivity index (χ0) is 6.97. The number of rotatable bonds is 0. The predicted molar refractivity (Wildman–Crippen MR) is 34.2 cm³/mol. The summed E-state index contributed by atoms with van der Waals surface area (Å²) in [5, 5.41) is 8.12. The van der Waals surface area contributed by atoms with Crippen molar-refractivity contribution in [1.29, 1.82) is 0 Å². The lowest BCUT2D eigenvalue weighted by Gasteiger charge is -1.74. The van der Waals surface area contributed by atoms with E-state index < -0.39 is 0 Å². The summed E-state index contributed by atoms with van der Waals surface area (Å²) in [5.74, 6) is 0. The highest BCUT2D eigenvalue weighted by atomic mass is 15.6. The van der Waals surface area contributed by atoms with E-state index in [9.17, 15) is 0 Å². The fourth-order valence-corrected chi connectivity index (χ4v) is 0.888. The molecule has 0 N–H and O–H groups in total. The summed E-state index contributed by atoms with van der Waals surface area (Å²) in [6, 6.07) is 5.76. The molecule has 4 nitrogen and oxygen atoms in total. The van der Waals surface area contributed by atoms with Crippen LogP contribution in [0, 0.1) is 0 Å². The monoisotopic (exact) mass is 135 g/mol. The lowest BCUT2D eigenvalue weighted by Crippen LogP contribution is -2.22. The van der Waals surface area contributed by atoms with E-state index >= 15 is 0 Å². The average molecular weight is 135 g/mol. The van der Waals surface area contributed by atoms with E-state index in [1.54, 1.807) is 11.6 Å². The molecule has 50 valence electrons. The van der Waals surface area contributed by atoms with Crippen LogP contribution in [0.5, 0.6) is 0 Å². The second kappa shape index (κ2) is 1.76. The lowest BCUT2D eigenvalue weighted by molar-refractivity contribution is -0.584. The minimum atomic E-state index is 0.866. The number of aryl methyl sites for hydroxylation is 1. The molecule has 0 saturated carbocycles. The molecule has 0 radical (unpaired) electrons. The third-order valence-corrected chi connectivity index (χ3v) is 1.29. The lowest BCUT2D eigenvalue weighted by atomic mass is 10.5. The normalized spacial score (nSPS) is 10.5. The number of tetrazole rings is 1. The molecule has 2 aromatic rings. The highest BCUT2D eigenvalue weighted by Gasteiger charge is 2.03. The van der Waals surface area contributed by atoms with E-state index in [0.29, 0.717) is 0 Å². The third-order valence-electron chi connectivity index (χ3n) is 1.29. The fourth-order valence-electron chi connectivity index (χ4n) is 0.888. The quantitative estimate of drug-likeness (QED) is 0.459. The van der Waals surface area contributed by atoms with Crippen LogP contribution >= 0.6 is 0 Å². The molecular weight excluding hydrogens is 128 g/mol. The molecule has 4 heteroatoms. The molecule has 0 bridgehead atoms. The molecule has 0 spiro atoms. The fraction of sp³-hybridized carbons (Fsp3) is 0.167. The zero-order valence-electron chi connectivity index (χ0n) is 5.60. The molecule has 0 saturated heterocycles. The van der Waals surface area contributed by atoms with Gasteiger partial charge in [-0.3, -0.25) is 0 Å². The minimum Gasteiger partial charge on any atom is -0.106 e. The molecule has 0 unspecified atom stereocenters. The van der Waals surface area contributed by atoms with Crippen molar-refractivity contribution in [2.45, 2.75) is 0 Å². The first-order valence-electron chi connectivity index (χ1n) is 3.04. The second-order valence-electron chi connectivity index (χ2n) is 2.08. The van der Waals surface area contributed by atoms with E-state index in [1.165, 1.54) is 4.80 Å². The van der Waals surface area contributed by atoms with Crippen LogP contribution in [0.3, 0.4) is 0 Å². The van der Waals surface area contributed by atoms with Crippen molar-refractivity contribution in [3.05, 3.63) is 24.4 Å². The number of pyridine rings is 1. The van der Waals surface area contributed by atoms with Gasteiger partial charge in [-0.05, 0) is 10.9 Å². The molecule has 0 aliphatic carbocycles. The molecule has 0 aliphatic rings. The van der Waals surface area contributed by atoms with Crippen LogP contribution in [-0.2, 0) is 7.05 Å². The Morgan fingerprint density at radius 1 is 1.50 bits per heavy atom. The van der Waals surface area contributed by atoms with Gasteiger partial charge < -0.3 is 0 Å². The van der Waals surface area contributed by atoms with Gasteiger partial charge in [-0.1, -0.05) is 6.07 Å². The highest BCUT2D eigenvalue weighted by molar-refractivity contribution is 5.24. The summed E-state index contributed by atoms with van der Waals surface area (Å²) in [7, 11) is 1.80. The summed E-state index contributed by atoms with van der Waals surface area (Å²) in [6.07, 6.45) is 1.86. The third kappa shape index (κ3) is 0.655. The van der Waals surface area contributed by atoms with Crippen LogP contribution in [-0.4, -0.2) is 15.1 Å². The molecule has 10 heavy (non-hydrogen) atoms. The van der Waals surface area contributed by atoms with Crippen molar-refractivity contribution in [3.8, 4) is 0 Å². The number of fused-ring (bicyclic) bond motifs is 1. The van der Waals surface area contributed by atoms with Gasteiger partial charge in [0, 0.05) is 6.07 Å².